The van der Waals surface area contributed by atoms with Gasteiger partial charge < -0.3 is 15.0 Å². The van der Waals surface area contributed by atoms with Gasteiger partial charge in [0, 0.05) is 25.4 Å². The first-order valence-electron chi connectivity index (χ1n) is 10.7. The number of carbonyl (C=O) groups excluding carboxylic acids is 2. The zero-order valence-corrected chi connectivity index (χ0v) is 21.6. The van der Waals surface area contributed by atoms with Crippen molar-refractivity contribution in [1.82, 2.24) is 14.7 Å². The number of benzene rings is 2. The van der Waals surface area contributed by atoms with E-state index in [1.165, 1.54) is 0 Å². The van der Waals surface area contributed by atoms with Gasteiger partial charge in [-0.3, -0.25) is 14.3 Å². The van der Waals surface area contributed by atoms with Crippen molar-refractivity contribution in [2.45, 2.75) is 25.9 Å². The number of amides is 2. The van der Waals surface area contributed by atoms with Crippen LogP contribution in [0.3, 0.4) is 0 Å². The summed E-state index contributed by atoms with van der Waals surface area (Å²) in [5, 5.41) is 8.24. The minimum absolute atomic E-state index is 0.0898. The molecule has 182 valence electrons. The molecule has 0 aliphatic carbocycles. The number of imide groups is 1. The van der Waals surface area contributed by atoms with Crippen LogP contribution in [0, 0.1) is 6.92 Å². The van der Waals surface area contributed by atoms with Crippen LogP contribution in [0.15, 0.2) is 48.7 Å². The number of nitrogens with zero attached hydrogens (tertiary/aromatic N) is 4. The van der Waals surface area contributed by atoms with E-state index >= 15 is 0 Å². The van der Waals surface area contributed by atoms with Gasteiger partial charge in [-0.05, 0) is 43.4 Å². The molecule has 1 saturated heterocycles. The third-order valence-corrected chi connectivity index (χ3v) is 6.67. The predicted octanol–water partition coefficient (Wildman–Crippen LogP) is 4.58. The van der Waals surface area contributed by atoms with Crippen molar-refractivity contribution < 1.29 is 14.3 Å². The first-order chi connectivity index (χ1) is 16.7. The molecule has 0 radical (unpaired) electrons. The smallest absolute Gasteiger partial charge is 0.257 e. The highest BCUT2D eigenvalue weighted by Crippen LogP contribution is 2.38. The molecule has 2 aromatic carbocycles. The van der Waals surface area contributed by atoms with E-state index < -0.39 is 17.9 Å². The van der Waals surface area contributed by atoms with E-state index in [0.29, 0.717) is 11.4 Å². The lowest BCUT2D eigenvalue weighted by atomic mass is 10.1. The molecule has 11 heteroatoms. The average Bonchev–Trinajstić information content (AvgIpc) is 3.29. The molecule has 1 N–H and O–H groups in total. The van der Waals surface area contributed by atoms with E-state index in [4.69, 9.17) is 40.2 Å². The van der Waals surface area contributed by atoms with Crippen LogP contribution in [0.25, 0.3) is 0 Å². The van der Waals surface area contributed by atoms with E-state index in [1.54, 1.807) is 41.0 Å². The number of thiocarbonyl (C=S) groups is 1. The molecular formula is C24H23Cl2N5O3S. The fraction of sp³-hybridized carbons (Fsp3) is 0.250. The van der Waals surface area contributed by atoms with E-state index in [-0.39, 0.29) is 33.8 Å². The fourth-order valence-corrected chi connectivity index (χ4v) is 4.91. The van der Waals surface area contributed by atoms with Crippen LogP contribution in [0.5, 0.6) is 5.75 Å². The Balaban J connectivity index is 1.70. The lowest BCUT2D eigenvalue weighted by Crippen LogP contribution is -2.46. The van der Waals surface area contributed by atoms with Gasteiger partial charge in [0.15, 0.2) is 5.11 Å². The molecule has 2 heterocycles. The Morgan fingerprint density at radius 1 is 1.20 bits per heavy atom. The van der Waals surface area contributed by atoms with Crippen LogP contribution < -0.4 is 15.0 Å². The summed E-state index contributed by atoms with van der Waals surface area (Å²) in [6.07, 6.45) is 1.77. The van der Waals surface area contributed by atoms with Crippen LogP contribution in [0.1, 0.15) is 17.7 Å². The normalized spacial score (nSPS) is 15.5. The maximum absolute atomic E-state index is 13.6. The zero-order valence-electron chi connectivity index (χ0n) is 19.3. The molecule has 3 aromatic rings. The lowest BCUT2D eigenvalue weighted by Gasteiger charge is -2.30. The number of methoxy groups -OCH3 is 1. The molecule has 8 nitrogen and oxygen atoms in total. The van der Waals surface area contributed by atoms with E-state index in [2.05, 4.69) is 10.4 Å². The number of aryl methyl sites for hydroxylation is 2. The van der Waals surface area contributed by atoms with Gasteiger partial charge in [-0.15, -0.1) is 0 Å². The third-order valence-electron chi connectivity index (χ3n) is 5.73. The fourth-order valence-electron chi connectivity index (χ4n) is 4.04. The molecular weight excluding hydrogens is 509 g/mol. The van der Waals surface area contributed by atoms with E-state index in [9.17, 15) is 9.59 Å². The van der Waals surface area contributed by atoms with Gasteiger partial charge >= 0.3 is 0 Å². The summed E-state index contributed by atoms with van der Waals surface area (Å²) in [5.41, 5.74) is 2.47. The second-order valence-corrected chi connectivity index (χ2v) is 9.23. The Morgan fingerprint density at radius 3 is 2.51 bits per heavy atom. The molecule has 0 bridgehead atoms. The maximum atomic E-state index is 13.6. The number of ether oxygens (including phenoxy) is 1. The minimum atomic E-state index is -0.871. The molecule has 2 amide bonds. The van der Waals surface area contributed by atoms with Crippen LogP contribution in [-0.2, 0) is 23.2 Å². The largest absolute Gasteiger partial charge is 0.495 e. The summed E-state index contributed by atoms with van der Waals surface area (Å²) in [7, 11) is 3.38. The predicted molar refractivity (Wildman–Crippen MR) is 140 cm³/mol. The van der Waals surface area contributed by atoms with E-state index in [0.717, 1.165) is 16.2 Å². The van der Waals surface area contributed by atoms with Crippen LogP contribution in [0.2, 0.25) is 10.0 Å². The molecule has 1 atom stereocenters. The number of para-hydroxylation sites is 3. The summed E-state index contributed by atoms with van der Waals surface area (Å²) < 4.78 is 7.11. The highest BCUT2D eigenvalue weighted by atomic mass is 35.5. The summed E-state index contributed by atoms with van der Waals surface area (Å²) in [6.45, 7) is 2.14. The SMILES string of the molecule is COc1ccccc1NC(=S)N(Cc1cn(C)nc1C)[C@H]1CC(=O)N(c2c(Cl)cccc2Cl)C1=O. The van der Waals surface area contributed by atoms with Crippen LogP contribution in [0.4, 0.5) is 11.4 Å². The average molecular weight is 532 g/mol. The van der Waals surface area contributed by atoms with Crippen molar-refractivity contribution in [3.8, 4) is 5.75 Å². The summed E-state index contributed by atoms with van der Waals surface area (Å²) in [4.78, 5) is 29.4. The third kappa shape index (κ3) is 4.98. The number of nitrogens with one attached hydrogen (secondary N) is 1. The minimum Gasteiger partial charge on any atom is -0.495 e. The highest BCUT2D eigenvalue weighted by molar-refractivity contribution is 7.80. The molecule has 1 fully saturated rings. The summed E-state index contributed by atoms with van der Waals surface area (Å²) >= 11 is 18.4. The quantitative estimate of drug-likeness (QED) is 0.368. The van der Waals surface area contributed by atoms with Gasteiger partial charge in [0.25, 0.3) is 5.91 Å². The van der Waals surface area contributed by atoms with Crippen molar-refractivity contribution in [1.29, 1.82) is 0 Å². The highest BCUT2D eigenvalue weighted by Gasteiger charge is 2.45. The Bertz CT molecular complexity index is 1290. The number of halogens is 2. The molecule has 1 aromatic heterocycles. The molecule has 0 saturated carbocycles. The summed E-state index contributed by atoms with van der Waals surface area (Å²) in [6, 6.07) is 11.2. The molecule has 0 spiro atoms. The Labute approximate surface area is 218 Å². The molecule has 1 aliphatic heterocycles. The standard InChI is InChI=1S/C24H23Cl2N5O3S/c1-14-15(12-29(2)28-14)13-30(24(35)27-18-9-4-5-10-20(18)34-3)19-11-21(32)31(23(19)33)22-16(25)7-6-8-17(22)26/h4-10,12,19H,11,13H2,1-3H3,(H,27,35)/t19-/m0/s1. The number of aromatic nitrogens is 2. The number of rotatable bonds is 6. The first-order valence-corrected chi connectivity index (χ1v) is 11.9. The molecule has 35 heavy (non-hydrogen) atoms. The second kappa shape index (κ2) is 10.2. The number of hydrogen-bond donors (Lipinski definition) is 1. The molecule has 4 rings (SSSR count). The topological polar surface area (TPSA) is 79.7 Å². The van der Waals surface area contributed by atoms with Gasteiger partial charge in [0.1, 0.15) is 11.8 Å². The maximum Gasteiger partial charge on any atom is 0.257 e. The first kappa shape index (κ1) is 25.0. The van der Waals surface area contributed by atoms with Crippen molar-refractivity contribution in [2.24, 2.45) is 7.05 Å². The van der Waals surface area contributed by atoms with Crippen molar-refractivity contribution in [3.63, 3.8) is 0 Å². The van der Waals surface area contributed by atoms with Crippen molar-refractivity contribution in [3.05, 3.63) is 70.0 Å². The number of anilines is 2. The van der Waals surface area contributed by atoms with E-state index in [1.807, 2.05) is 38.4 Å². The van der Waals surface area contributed by atoms with Crippen molar-refractivity contribution in [2.75, 3.05) is 17.3 Å². The number of hydrogen-bond acceptors (Lipinski definition) is 5. The molecule has 0 unspecified atom stereocenters. The van der Waals surface area contributed by atoms with Gasteiger partial charge in [-0.1, -0.05) is 41.4 Å². The van der Waals surface area contributed by atoms with Crippen LogP contribution >= 0.6 is 35.4 Å². The Hall–Kier alpha value is -3.14. The Kier molecular flexibility index (Phi) is 7.30. The van der Waals surface area contributed by atoms with Crippen LogP contribution in [-0.4, -0.2) is 44.8 Å². The van der Waals surface area contributed by atoms with Crippen molar-refractivity contribution >= 4 is 63.7 Å². The second-order valence-electron chi connectivity index (χ2n) is 8.03. The monoisotopic (exact) mass is 531 g/mol. The number of carbonyl (C=O) groups is 2. The van der Waals surface area contributed by atoms with Gasteiger partial charge in [0.05, 0.1) is 40.6 Å². The molecule has 1 aliphatic rings. The van der Waals surface area contributed by atoms with Gasteiger partial charge in [-0.25, -0.2) is 4.90 Å². The van der Waals surface area contributed by atoms with Gasteiger partial charge in [-0.2, -0.15) is 5.10 Å². The zero-order chi connectivity index (χ0) is 25.3. The summed E-state index contributed by atoms with van der Waals surface area (Å²) in [5.74, 6) is -0.288. The van der Waals surface area contributed by atoms with Gasteiger partial charge in [0.2, 0.25) is 5.91 Å². The lowest BCUT2D eigenvalue weighted by molar-refractivity contribution is -0.122. The Morgan fingerprint density at radius 2 is 1.89 bits per heavy atom.